The SMILES string of the molecule is ClCC1(Nc2ccc3nnnn3n2)CCOCC1. The zero-order chi connectivity index (χ0) is 12.4. The minimum absolute atomic E-state index is 0.158. The van der Waals surface area contributed by atoms with Gasteiger partial charge in [0, 0.05) is 19.1 Å². The van der Waals surface area contributed by atoms with E-state index in [0.29, 0.717) is 24.7 Å². The fourth-order valence-electron chi connectivity index (χ4n) is 2.04. The van der Waals surface area contributed by atoms with Crippen LogP contribution in [0.25, 0.3) is 5.65 Å². The fourth-order valence-corrected chi connectivity index (χ4v) is 2.38. The second kappa shape index (κ2) is 4.66. The van der Waals surface area contributed by atoms with Gasteiger partial charge in [0.25, 0.3) is 0 Å². The molecule has 0 aliphatic carbocycles. The van der Waals surface area contributed by atoms with E-state index in [1.807, 2.05) is 12.1 Å². The summed E-state index contributed by atoms with van der Waals surface area (Å²) in [4.78, 5) is 0. The molecule has 0 radical (unpaired) electrons. The van der Waals surface area contributed by atoms with Gasteiger partial charge in [0.2, 0.25) is 0 Å². The Hall–Kier alpha value is -1.47. The Morgan fingerprint density at radius 2 is 2.22 bits per heavy atom. The van der Waals surface area contributed by atoms with Crippen molar-refractivity contribution < 1.29 is 4.74 Å². The Kier molecular flexibility index (Phi) is 3.00. The largest absolute Gasteiger partial charge is 0.381 e. The number of nitrogens with zero attached hydrogens (tertiary/aromatic N) is 5. The van der Waals surface area contributed by atoms with Crippen molar-refractivity contribution in [2.75, 3.05) is 24.4 Å². The van der Waals surface area contributed by atoms with Crippen molar-refractivity contribution in [3.05, 3.63) is 12.1 Å². The van der Waals surface area contributed by atoms with Crippen LogP contribution in [0.3, 0.4) is 0 Å². The molecule has 1 N–H and O–H groups in total. The van der Waals surface area contributed by atoms with Gasteiger partial charge in [-0.25, -0.2) is 0 Å². The normalized spacial score (nSPS) is 18.9. The van der Waals surface area contributed by atoms with E-state index in [4.69, 9.17) is 16.3 Å². The van der Waals surface area contributed by atoms with E-state index in [9.17, 15) is 0 Å². The minimum Gasteiger partial charge on any atom is -0.381 e. The first-order chi connectivity index (χ1) is 8.81. The molecular weight excluding hydrogens is 256 g/mol. The van der Waals surface area contributed by atoms with Crippen molar-refractivity contribution in [3.8, 4) is 0 Å². The van der Waals surface area contributed by atoms with Gasteiger partial charge in [-0.2, -0.15) is 0 Å². The molecule has 0 atom stereocenters. The van der Waals surface area contributed by atoms with Gasteiger partial charge in [-0.3, -0.25) is 0 Å². The standard InChI is InChI=1S/C10H13ClN6O/c11-7-10(3-5-18-6-4-10)12-8-1-2-9-13-15-16-17(9)14-8/h1-2H,3-7H2,(H,12,14). The molecule has 96 valence electrons. The molecule has 3 rings (SSSR count). The molecule has 1 aliphatic rings. The third-order valence-corrected chi connectivity index (χ3v) is 3.68. The van der Waals surface area contributed by atoms with E-state index in [1.165, 1.54) is 4.63 Å². The lowest BCUT2D eigenvalue weighted by Crippen LogP contribution is -2.45. The number of tetrazole rings is 1. The van der Waals surface area contributed by atoms with Gasteiger partial charge < -0.3 is 10.1 Å². The van der Waals surface area contributed by atoms with Gasteiger partial charge >= 0.3 is 0 Å². The van der Waals surface area contributed by atoms with Gasteiger partial charge in [-0.05, 0) is 35.4 Å². The molecule has 0 unspecified atom stereocenters. The maximum atomic E-state index is 6.09. The van der Waals surface area contributed by atoms with Crippen LogP contribution < -0.4 is 5.32 Å². The molecule has 3 heterocycles. The first kappa shape index (κ1) is 11.6. The lowest BCUT2D eigenvalue weighted by molar-refractivity contribution is 0.0666. The van der Waals surface area contributed by atoms with Crippen LogP contribution in [0.5, 0.6) is 0 Å². The summed E-state index contributed by atoms with van der Waals surface area (Å²) in [6, 6.07) is 3.67. The zero-order valence-corrected chi connectivity index (χ0v) is 10.5. The molecule has 1 aliphatic heterocycles. The number of rotatable bonds is 3. The molecule has 7 nitrogen and oxygen atoms in total. The van der Waals surface area contributed by atoms with Crippen molar-refractivity contribution in [1.29, 1.82) is 0 Å². The van der Waals surface area contributed by atoms with Gasteiger partial charge in [0.15, 0.2) is 5.65 Å². The Labute approximate surface area is 108 Å². The molecule has 2 aromatic rings. The first-order valence-electron chi connectivity index (χ1n) is 5.79. The quantitative estimate of drug-likeness (QED) is 0.827. The number of hydrogen-bond acceptors (Lipinski definition) is 6. The Balaban J connectivity index is 1.85. The second-order valence-electron chi connectivity index (χ2n) is 4.40. The summed E-state index contributed by atoms with van der Waals surface area (Å²) in [6.07, 6.45) is 1.73. The Bertz CT molecular complexity index is 538. The first-order valence-corrected chi connectivity index (χ1v) is 6.32. The smallest absolute Gasteiger partial charge is 0.200 e. The molecule has 1 saturated heterocycles. The van der Waals surface area contributed by atoms with E-state index >= 15 is 0 Å². The number of anilines is 1. The summed E-state index contributed by atoms with van der Waals surface area (Å²) in [5, 5.41) is 18.8. The molecule has 0 saturated carbocycles. The number of hydrogen-bond donors (Lipinski definition) is 1. The monoisotopic (exact) mass is 268 g/mol. The molecular formula is C10H13ClN6O. The van der Waals surface area contributed by atoms with E-state index in [0.717, 1.165) is 18.7 Å². The molecule has 0 amide bonds. The zero-order valence-electron chi connectivity index (χ0n) is 9.71. The van der Waals surface area contributed by atoms with Crippen molar-refractivity contribution in [1.82, 2.24) is 25.3 Å². The summed E-state index contributed by atoms with van der Waals surface area (Å²) < 4.78 is 6.76. The van der Waals surface area contributed by atoms with Crippen molar-refractivity contribution >= 4 is 23.1 Å². The number of fused-ring (bicyclic) bond motifs is 1. The third kappa shape index (κ3) is 2.11. The van der Waals surface area contributed by atoms with Crippen molar-refractivity contribution in [2.24, 2.45) is 0 Å². The number of nitrogens with one attached hydrogen (secondary N) is 1. The summed E-state index contributed by atoms with van der Waals surface area (Å²) in [7, 11) is 0. The lowest BCUT2D eigenvalue weighted by Gasteiger charge is -2.36. The number of ether oxygens (including phenoxy) is 1. The number of halogens is 1. The van der Waals surface area contributed by atoms with Crippen LogP contribution in [0.4, 0.5) is 5.82 Å². The number of alkyl halides is 1. The van der Waals surface area contributed by atoms with E-state index < -0.39 is 0 Å². The Morgan fingerprint density at radius 1 is 1.39 bits per heavy atom. The highest BCUT2D eigenvalue weighted by molar-refractivity contribution is 6.18. The van der Waals surface area contributed by atoms with Crippen LogP contribution in [0, 0.1) is 0 Å². The van der Waals surface area contributed by atoms with E-state index in [2.05, 4.69) is 25.9 Å². The van der Waals surface area contributed by atoms with Crippen LogP contribution in [-0.2, 0) is 4.74 Å². The molecule has 2 aromatic heterocycles. The fraction of sp³-hybridized carbons (Fsp3) is 0.600. The Morgan fingerprint density at radius 3 is 3.00 bits per heavy atom. The van der Waals surface area contributed by atoms with Crippen molar-refractivity contribution in [3.63, 3.8) is 0 Å². The average Bonchev–Trinajstić information content (AvgIpc) is 2.87. The summed E-state index contributed by atoms with van der Waals surface area (Å²) >= 11 is 6.09. The second-order valence-corrected chi connectivity index (χ2v) is 4.66. The van der Waals surface area contributed by atoms with Crippen LogP contribution in [0.2, 0.25) is 0 Å². The van der Waals surface area contributed by atoms with Gasteiger partial charge in [-0.15, -0.1) is 26.4 Å². The van der Waals surface area contributed by atoms with Gasteiger partial charge in [0.05, 0.1) is 5.54 Å². The summed E-state index contributed by atoms with van der Waals surface area (Å²) in [5.74, 6) is 1.24. The molecule has 0 aromatic carbocycles. The van der Waals surface area contributed by atoms with Crippen LogP contribution in [-0.4, -0.2) is 49.9 Å². The van der Waals surface area contributed by atoms with Gasteiger partial charge in [0.1, 0.15) is 5.82 Å². The average molecular weight is 269 g/mol. The lowest BCUT2D eigenvalue weighted by atomic mass is 9.92. The highest BCUT2D eigenvalue weighted by Gasteiger charge is 2.32. The molecule has 1 fully saturated rings. The highest BCUT2D eigenvalue weighted by atomic mass is 35.5. The highest BCUT2D eigenvalue weighted by Crippen LogP contribution is 2.26. The maximum absolute atomic E-state index is 6.09. The van der Waals surface area contributed by atoms with Crippen LogP contribution in [0.15, 0.2) is 12.1 Å². The minimum atomic E-state index is -0.158. The predicted octanol–water partition coefficient (Wildman–Crippen LogP) is 0.719. The molecule has 0 spiro atoms. The topological polar surface area (TPSA) is 77.2 Å². The van der Waals surface area contributed by atoms with Gasteiger partial charge in [-0.1, -0.05) is 0 Å². The molecule has 18 heavy (non-hydrogen) atoms. The van der Waals surface area contributed by atoms with Crippen LogP contribution >= 0.6 is 11.6 Å². The molecule has 0 bridgehead atoms. The predicted molar refractivity (Wildman–Crippen MR) is 65.7 cm³/mol. The molecule has 8 heteroatoms. The summed E-state index contributed by atoms with van der Waals surface area (Å²) in [6.45, 7) is 1.43. The number of aromatic nitrogens is 5. The van der Waals surface area contributed by atoms with Crippen LogP contribution in [0.1, 0.15) is 12.8 Å². The van der Waals surface area contributed by atoms with Crippen molar-refractivity contribution in [2.45, 2.75) is 18.4 Å². The van der Waals surface area contributed by atoms with E-state index in [-0.39, 0.29) is 5.54 Å². The van der Waals surface area contributed by atoms with E-state index in [1.54, 1.807) is 0 Å². The summed E-state index contributed by atoms with van der Waals surface area (Å²) in [5.41, 5.74) is 0.460. The maximum Gasteiger partial charge on any atom is 0.200 e. The third-order valence-electron chi connectivity index (χ3n) is 3.17.